The number of ether oxygens (including phenoxy) is 1. The Morgan fingerprint density at radius 3 is 2.45 bits per heavy atom. The molecule has 0 bridgehead atoms. The standard InChI is InChI=1S/C30H41N5O3S2/c1-4-20-38-25-12-10-23(11-13-25)31-28(36)22-27-29(37)35(24-8-6-9-26(21-24)40-3)30(39)34(27)15-7-14-33-18-16-32(5-2)17-19-33/h6,8-13,21,27H,4-5,7,14-20,22H2,1-3H3,(H,31,36)/t27-/m1/s1. The summed E-state index contributed by atoms with van der Waals surface area (Å²) < 4.78 is 5.63. The fraction of sp³-hybridized carbons (Fsp3) is 0.500. The molecule has 0 aromatic heterocycles. The van der Waals surface area contributed by atoms with Crippen molar-refractivity contribution in [2.24, 2.45) is 0 Å². The summed E-state index contributed by atoms with van der Waals surface area (Å²) in [6.07, 6.45) is 3.84. The molecule has 2 amide bonds. The molecule has 1 atom stereocenters. The Kier molecular flexibility index (Phi) is 11.2. The number of hydrogen-bond donors (Lipinski definition) is 1. The van der Waals surface area contributed by atoms with E-state index in [9.17, 15) is 9.59 Å². The summed E-state index contributed by atoms with van der Waals surface area (Å²) in [4.78, 5) is 36.5. The lowest BCUT2D eigenvalue weighted by Crippen LogP contribution is -2.47. The maximum absolute atomic E-state index is 13.8. The highest BCUT2D eigenvalue weighted by molar-refractivity contribution is 7.98. The Morgan fingerprint density at radius 1 is 1.05 bits per heavy atom. The van der Waals surface area contributed by atoms with Crippen LogP contribution in [0.25, 0.3) is 0 Å². The van der Waals surface area contributed by atoms with Gasteiger partial charge in [0.2, 0.25) is 5.91 Å². The van der Waals surface area contributed by atoms with Crippen LogP contribution in [0.15, 0.2) is 53.4 Å². The maximum atomic E-state index is 13.8. The summed E-state index contributed by atoms with van der Waals surface area (Å²) in [6, 6.07) is 14.5. The van der Waals surface area contributed by atoms with E-state index in [1.165, 1.54) is 0 Å². The van der Waals surface area contributed by atoms with Gasteiger partial charge in [-0.25, -0.2) is 0 Å². The van der Waals surface area contributed by atoms with Crippen LogP contribution in [0.2, 0.25) is 0 Å². The minimum Gasteiger partial charge on any atom is -0.494 e. The molecule has 2 aromatic carbocycles. The third-order valence-electron chi connectivity index (χ3n) is 7.41. The molecule has 0 aliphatic carbocycles. The fourth-order valence-corrected chi connectivity index (χ4v) is 5.98. The summed E-state index contributed by atoms with van der Waals surface area (Å²) >= 11 is 7.49. The molecule has 0 unspecified atom stereocenters. The van der Waals surface area contributed by atoms with Gasteiger partial charge in [-0.15, -0.1) is 11.8 Å². The van der Waals surface area contributed by atoms with Crippen molar-refractivity contribution in [2.45, 2.75) is 44.0 Å². The van der Waals surface area contributed by atoms with Gasteiger partial charge in [-0.2, -0.15) is 0 Å². The molecule has 2 heterocycles. The summed E-state index contributed by atoms with van der Waals surface area (Å²) in [7, 11) is 0. The van der Waals surface area contributed by atoms with Crippen molar-refractivity contribution in [3.8, 4) is 5.75 Å². The van der Waals surface area contributed by atoms with E-state index in [1.54, 1.807) is 16.7 Å². The van der Waals surface area contributed by atoms with Crippen LogP contribution in [0.4, 0.5) is 11.4 Å². The van der Waals surface area contributed by atoms with E-state index in [2.05, 4.69) is 29.0 Å². The number of hydrogen-bond acceptors (Lipinski definition) is 7. The van der Waals surface area contributed by atoms with Crippen LogP contribution in [0.5, 0.6) is 5.75 Å². The SMILES string of the molecule is CCCOc1ccc(NC(=O)C[C@@H]2C(=O)N(c3cccc(SC)c3)C(=S)N2CCCN2CCN(CC)CC2)cc1. The van der Waals surface area contributed by atoms with Gasteiger partial charge in [0.05, 0.1) is 18.7 Å². The Hall–Kier alpha value is -2.66. The molecule has 2 saturated heterocycles. The van der Waals surface area contributed by atoms with Crippen LogP contribution in [0.3, 0.4) is 0 Å². The zero-order valence-electron chi connectivity index (χ0n) is 23.8. The average molecular weight is 584 g/mol. The third kappa shape index (κ3) is 7.75. The van der Waals surface area contributed by atoms with Crippen LogP contribution in [-0.4, -0.2) is 96.3 Å². The second kappa shape index (κ2) is 14.8. The molecule has 2 aliphatic heterocycles. The predicted molar refractivity (Wildman–Crippen MR) is 167 cm³/mol. The number of carbonyl (C=O) groups is 2. The Labute approximate surface area is 248 Å². The number of nitrogens with zero attached hydrogens (tertiary/aromatic N) is 4. The highest BCUT2D eigenvalue weighted by Crippen LogP contribution is 2.30. The van der Waals surface area contributed by atoms with Gasteiger partial charge >= 0.3 is 0 Å². The molecular weight excluding hydrogens is 542 g/mol. The van der Waals surface area contributed by atoms with Crippen molar-refractivity contribution >= 4 is 52.3 Å². The second-order valence-corrected chi connectivity index (χ2v) is 11.4. The minimum atomic E-state index is -0.644. The summed E-state index contributed by atoms with van der Waals surface area (Å²) in [5.41, 5.74) is 1.41. The number of piperazine rings is 1. The predicted octanol–water partition coefficient (Wildman–Crippen LogP) is 4.56. The van der Waals surface area contributed by atoms with E-state index in [1.807, 2.05) is 59.7 Å². The Balaban J connectivity index is 1.44. The minimum absolute atomic E-state index is 0.0287. The molecule has 0 saturated carbocycles. The van der Waals surface area contributed by atoms with Gasteiger partial charge in [0.25, 0.3) is 5.91 Å². The summed E-state index contributed by atoms with van der Waals surface area (Å²) in [6.45, 7) is 11.9. The number of thiocarbonyl (C=S) groups is 1. The van der Waals surface area contributed by atoms with Gasteiger partial charge in [0, 0.05) is 43.3 Å². The molecule has 2 aliphatic rings. The summed E-state index contributed by atoms with van der Waals surface area (Å²) in [5.74, 6) is 0.392. The van der Waals surface area contributed by atoms with E-state index < -0.39 is 6.04 Å². The molecule has 4 rings (SSSR count). The first kappa shape index (κ1) is 30.3. The van der Waals surface area contributed by atoms with E-state index >= 15 is 0 Å². The van der Waals surface area contributed by atoms with E-state index in [0.717, 1.165) is 68.4 Å². The Morgan fingerprint density at radius 2 is 1.77 bits per heavy atom. The first-order valence-electron chi connectivity index (χ1n) is 14.2. The molecular formula is C30H41N5O3S2. The van der Waals surface area contributed by atoms with Crippen LogP contribution in [-0.2, 0) is 9.59 Å². The fourth-order valence-electron chi connectivity index (χ4n) is 5.11. The van der Waals surface area contributed by atoms with Crippen LogP contribution >= 0.6 is 24.0 Å². The molecule has 2 aromatic rings. The van der Waals surface area contributed by atoms with Gasteiger partial charge in [0.1, 0.15) is 11.8 Å². The summed E-state index contributed by atoms with van der Waals surface area (Å²) in [5, 5.41) is 3.41. The van der Waals surface area contributed by atoms with E-state index in [0.29, 0.717) is 24.0 Å². The van der Waals surface area contributed by atoms with Gasteiger partial charge in [-0.1, -0.05) is 19.9 Å². The van der Waals surface area contributed by atoms with Crippen molar-refractivity contribution in [3.63, 3.8) is 0 Å². The molecule has 0 radical (unpaired) electrons. The highest BCUT2D eigenvalue weighted by Gasteiger charge is 2.44. The first-order valence-corrected chi connectivity index (χ1v) is 15.8. The third-order valence-corrected chi connectivity index (χ3v) is 8.55. The molecule has 1 N–H and O–H groups in total. The maximum Gasteiger partial charge on any atom is 0.256 e. The lowest BCUT2D eigenvalue weighted by Gasteiger charge is -2.34. The number of thioether (sulfide) groups is 1. The number of anilines is 2. The lowest BCUT2D eigenvalue weighted by atomic mass is 10.1. The van der Waals surface area contributed by atoms with Crippen molar-refractivity contribution < 1.29 is 14.3 Å². The largest absolute Gasteiger partial charge is 0.494 e. The van der Waals surface area contributed by atoms with Gasteiger partial charge in [-0.3, -0.25) is 14.5 Å². The monoisotopic (exact) mass is 583 g/mol. The number of nitrogens with one attached hydrogen (secondary N) is 1. The Bertz CT molecular complexity index is 1150. The number of amides is 2. The molecule has 2 fully saturated rings. The normalized spacial score (nSPS) is 18.4. The lowest BCUT2D eigenvalue weighted by molar-refractivity contribution is -0.124. The van der Waals surface area contributed by atoms with Crippen LogP contribution in [0.1, 0.15) is 33.1 Å². The molecule has 216 valence electrons. The van der Waals surface area contributed by atoms with Crippen LogP contribution < -0.4 is 15.0 Å². The number of benzene rings is 2. The highest BCUT2D eigenvalue weighted by atomic mass is 32.2. The van der Waals surface area contributed by atoms with Crippen molar-refractivity contribution in [3.05, 3.63) is 48.5 Å². The number of rotatable bonds is 13. The molecule has 40 heavy (non-hydrogen) atoms. The zero-order chi connectivity index (χ0) is 28.5. The van der Waals surface area contributed by atoms with Crippen molar-refractivity contribution in [2.75, 3.05) is 68.9 Å². The molecule has 8 nitrogen and oxygen atoms in total. The van der Waals surface area contributed by atoms with E-state index in [4.69, 9.17) is 17.0 Å². The number of carbonyl (C=O) groups excluding carboxylic acids is 2. The quantitative estimate of drug-likeness (QED) is 0.272. The average Bonchev–Trinajstić information content (AvgIpc) is 3.21. The van der Waals surface area contributed by atoms with Crippen molar-refractivity contribution in [1.82, 2.24) is 14.7 Å². The number of likely N-dealkylation sites (N-methyl/N-ethyl adjacent to an activating group) is 1. The molecule has 10 heteroatoms. The van der Waals surface area contributed by atoms with Crippen LogP contribution in [0, 0.1) is 0 Å². The van der Waals surface area contributed by atoms with E-state index in [-0.39, 0.29) is 18.2 Å². The zero-order valence-corrected chi connectivity index (χ0v) is 25.4. The van der Waals surface area contributed by atoms with Gasteiger partial charge in [0.15, 0.2) is 5.11 Å². The second-order valence-electron chi connectivity index (χ2n) is 10.1. The smallest absolute Gasteiger partial charge is 0.256 e. The topological polar surface area (TPSA) is 68.4 Å². The first-order chi connectivity index (χ1) is 19.4. The molecule has 0 spiro atoms. The van der Waals surface area contributed by atoms with Gasteiger partial charge < -0.3 is 24.8 Å². The van der Waals surface area contributed by atoms with Crippen molar-refractivity contribution in [1.29, 1.82) is 0 Å². The van der Waals surface area contributed by atoms with Gasteiger partial charge in [-0.05, 0) is 86.9 Å².